The molecule has 0 heterocycles. The molecule has 1 amide bonds. The maximum atomic E-state index is 12.1. The Morgan fingerprint density at radius 1 is 1.04 bits per heavy atom. The number of ether oxygens (including phenoxy) is 1. The van der Waals surface area contributed by atoms with Gasteiger partial charge in [0.25, 0.3) is 5.69 Å². The smallest absolute Gasteiger partial charge is 0.369 e. The number of anilines is 1. The number of nitro benzene ring substituents is 1. The van der Waals surface area contributed by atoms with Crippen LogP contribution in [-0.4, -0.2) is 23.2 Å². The van der Waals surface area contributed by atoms with Gasteiger partial charge in [-0.2, -0.15) is 13.2 Å². The van der Waals surface area contributed by atoms with E-state index < -0.39 is 23.2 Å². The van der Waals surface area contributed by atoms with Crippen molar-refractivity contribution in [1.82, 2.24) is 5.32 Å². The van der Waals surface area contributed by atoms with Crippen molar-refractivity contribution in [3.8, 4) is 0 Å². The van der Waals surface area contributed by atoms with Gasteiger partial charge in [-0.1, -0.05) is 24.3 Å². The van der Waals surface area contributed by atoms with Crippen LogP contribution in [0, 0.1) is 10.1 Å². The number of hydrogen-bond acceptors (Lipinski definition) is 6. The first-order chi connectivity index (χ1) is 13.1. The topological polar surface area (TPSA) is 111 Å². The zero-order valence-electron chi connectivity index (χ0n) is 14.2. The molecule has 2 aromatic carbocycles. The molecule has 2 rings (SSSR count). The SMILES string of the molecule is O=C(Nc1cccc(CNCc2cccc([N+](=O)[O-])c2)c1)OC(=O)C(F)(F)F. The molecule has 0 aromatic heterocycles. The van der Waals surface area contributed by atoms with E-state index in [9.17, 15) is 32.9 Å². The second-order valence-electron chi connectivity index (χ2n) is 5.53. The number of alkyl halides is 3. The van der Waals surface area contributed by atoms with Gasteiger partial charge in [-0.25, -0.2) is 9.59 Å². The van der Waals surface area contributed by atoms with E-state index in [0.717, 1.165) is 0 Å². The number of nitro groups is 1. The highest BCUT2D eigenvalue weighted by atomic mass is 19.4. The fourth-order valence-corrected chi connectivity index (χ4v) is 2.18. The lowest BCUT2D eigenvalue weighted by Gasteiger charge is -2.09. The van der Waals surface area contributed by atoms with E-state index >= 15 is 0 Å². The number of nitrogens with one attached hydrogen (secondary N) is 2. The Hall–Kier alpha value is -3.47. The number of benzene rings is 2. The minimum atomic E-state index is -5.27. The number of carbonyl (C=O) groups is 2. The standard InChI is InChI=1S/C17H14F3N3O5/c18-17(19,20)15(24)28-16(25)22-13-5-1-3-11(7-13)9-21-10-12-4-2-6-14(8-12)23(26)27/h1-8,21H,9-10H2,(H,22,25). The Morgan fingerprint density at radius 3 is 2.25 bits per heavy atom. The molecule has 0 bridgehead atoms. The quantitative estimate of drug-likeness (QED) is 0.334. The average molecular weight is 397 g/mol. The average Bonchev–Trinajstić information content (AvgIpc) is 2.61. The molecular weight excluding hydrogens is 383 g/mol. The van der Waals surface area contributed by atoms with E-state index in [2.05, 4.69) is 10.1 Å². The molecule has 0 saturated carbocycles. The van der Waals surface area contributed by atoms with Crippen LogP contribution < -0.4 is 10.6 Å². The van der Waals surface area contributed by atoms with E-state index in [4.69, 9.17) is 0 Å². The third-order valence-corrected chi connectivity index (χ3v) is 3.37. The number of rotatable bonds is 6. The minimum Gasteiger partial charge on any atom is -0.369 e. The highest BCUT2D eigenvalue weighted by molar-refractivity contribution is 5.94. The summed E-state index contributed by atoms with van der Waals surface area (Å²) in [7, 11) is 0. The van der Waals surface area contributed by atoms with Gasteiger partial charge in [0.15, 0.2) is 0 Å². The lowest BCUT2D eigenvalue weighted by atomic mass is 10.1. The highest BCUT2D eigenvalue weighted by Crippen LogP contribution is 2.18. The molecule has 0 fully saturated rings. The molecular formula is C17H14F3N3O5. The van der Waals surface area contributed by atoms with Gasteiger partial charge >= 0.3 is 18.2 Å². The summed E-state index contributed by atoms with van der Waals surface area (Å²) in [6.07, 6.45) is -6.82. The monoisotopic (exact) mass is 397 g/mol. The number of non-ortho nitro benzene ring substituents is 1. The van der Waals surface area contributed by atoms with Crippen molar-refractivity contribution < 1.29 is 32.4 Å². The maximum absolute atomic E-state index is 12.1. The van der Waals surface area contributed by atoms with Gasteiger partial charge in [-0.05, 0) is 23.3 Å². The summed E-state index contributed by atoms with van der Waals surface area (Å²) in [6, 6.07) is 12.2. The summed E-state index contributed by atoms with van der Waals surface area (Å²) < 4.78 is 39.8. The molecule has 0 radical (unpaired) electrons. The van der Waals surface area contributed by atoms with E-state index in [1.165, 1.54) is 24.3 Å². The molecule has 0 atom stereocenters. The Bertz CT molecular complexity index is 886. The summed E-state index contributed by atoms with van der Waals surface area (Å²) in [5, 5.41) is 15.8. The zero-order valence-corrected chi connectivity index (χ0v) is 14.2. The molecule has 2 N–H and O–H groups in total. The lowest BCUT2D eigenvalue weighted by Crippen LogP contribution is -2.30. The van der Waals surface area contributed by atoms with Gasteiger partial charge in [0.05, 0.1) is 4.92 Å². The van der Waals surface area contributed by atoms with Crippen molar-refractivity contribution in [2.24, 2.45) is 0 Å². The lowest BCUT2D eigenvalue weighted by molar-refractivity contribution is -0.384. The third kappa shape index (κ3) is 6.36. The second kappa shape index (κ2) is 8.95. The van der Waals surface area contributed by atoms with Crippen LogP contribution in [0.2, 0.25) is 0 Å². The van der Waals surface area contributed by atoms with Crippen molar-refractivity contribution in [1.29, 1.82) is 0 Å². The number of esters is 1. The molecule has 0 aliphatic rings. The second-order valence-corrected chi connectivity index (χ2v) is 5.53. The van der Waals surface area contributed by atoms with Gasteiger partial charge in [0.1, 0.15) is 0 Å². The normalized spacial score (nSPS) is 11.0. The van der Waals surface area contributed by atoms with Crippen LogP contribution in [-0.2, 0) is 22.6 Å². The van der Waals surface area contributed by atoms with E-state index in [1.807, 2.05) is 5.32 Å². The predicted molar refractivity (Wildman–Crippen MR) is 91.2 cm³/mol. The first kappa shape index (κ1) is 20.8. The number of carbonyl (C=O) groups excluding carboxylic acids is 2. The van der Waals surface area contributed by atoms with Crippen LogP contribution >= 0.6 is 0 Å². The summed E-state index contributed by atoms with van der Waals surface area (Å²) in [5.74, 6) is -2.61. The van der Waals surface area contributed by atoms with Crippen molar-refractivity contribution in [3.63, 3.8) is 0 Å². The predicted octanol–water partition coefficient (Wildman–Crippen LogP) is 3.52. The minimum absolute atomic E-state index is 0.0302. The molecule has 28 heavy (non-hydrogen) atoms. The van der Waals surface area contributed by atoms with Crippen LogP contribution in [0.4, 0.5) is 29.3 Å². The summed E-state index contributed by atoms with van der Waals surface area (Å²) in [5.41, 5.74) is 1.47. The van der Waals surface area contributed by atoms with Gasteiger partial charge in [0.2, 0.25) is 0 Å². The van der Waals surface area contributed by atoms with E-state index in [0.29, 0.717) is 24.2 Å². The Kier molecular flexibility index (Phi) is 6.66. The fraction of sp³-hybridized carbons (Fsp3) is 0.176. The van der Waals surface area contributed by atoms with Crippen LogP contribution in [0.5, 0.6) is 0 Å². The van der Waals surface area contributed by atoms with Crippen LogP contribution in [0.15, 0.2) is 48.5 Å². The molecule has 0 unspecified atom stereocenters. The van der Waals surface area contributed by atoms with E-state index in [1.54, 1.807) is 24.3 Å². The van der Waals surface area contributed by atoms with Gasteiger partial charge in [-0.3, -0.25) is 15.4 Å². The van der Waals surface area contributed by atoms with Crippen LogP contribution in [0.1, 0.15) is 11.1 Å². The van der Waals surface area contributed by atoms with Crippen molar-refractivity contribution in [2.75, 3.05) is 5.32 Å². The zero-order chi connectivity index (χ0) is 20.7. The first-order valence-electron chi connectivity index (χ1n) is 7.78. The molecule has 0 aliphatic carbocycles. The molecule has 148 valence electrons. The molecule has 0 spiro atoms. The summed E-state index contributed by atoms with van der Waals surface area (Å²) in [4.78, 5) is 32.2. The van der Waals surface area contributed by atoms with E-state index in [-0.39, 0.29) is 11.4 Å². The maximum Gasteiger partial charge on any atom is 0.491 e. The summed E-state index contributed by atoms with van der Waals surface area (Å²) in [6.45, 7) is 0.649. The Morgan fingerprint density at radius 2 is 1.64 bits per heavy atom. The number of hydrogen-bond donors (Lipinski definition) is 2. The van der Waals surface area contributed by atoms with Crippen molar-refractivity contribution >= 4 is 23.4 Å². The molecule has 8 nitrogen and oxygen atoms in total. The van der Waals surface area contributed by atoms with Crippen molar-refractivity contribution in [2.45, 2.75) is 19.3 Å². The third-order valence-electron chi connectivity index (χ3n) is 3.37. The molecule has 0 saturated heterocycles. The van der Waals surface area contributed by atoms with Crippen LogP contribution in [0.3, 0.4) is 0 Å². The molecule has 2 aromatic rings. The van der Waals surface area contributed by atoms with Gasteiger partial charge in [0, 0.05) is 30.9 Å². The number of amides is 1. The number of halogens is 3. The van der Waals surface area contributed by atoms with Gasteiger partial charge < -0.3 is 10.1 Å². The number of nitrogens with zero attached hydrogens (tertiary/aromatic N) is 1. The largest absolute Gasteiger partial charge is 0.491 e. The molecule has 0 aliphatic heterocycles. The van der Waals surface area contributed by atoms with Crippen LogP contribution in [0.25, 0.3) is 0 Å². The Balaban J connectivity index is 1.89. The van der Waals surface area contributed by atoms with Crippen molar-refractivity contribution in [3.05, 3.63) is 69.8 Å². The van der Waals surface area contributed by atoms with Gasteiger partial charge in [-0.15, -0.1) is 0 Å². The first-order valence-corrected chi connectivity index (χ1v) is 7.78. The highest BCUT2D eigenvalue weighted by Gasteiger charge is 2.42. The fourth-order valence-electron chi connectivity index (χ4n) is 2.18. The molecule has 11 heteroatoms. The Labute approximate surface area is 156 Å². The summed E-state index contributed by atoms with van der Waals surface area (Å²) >= 11 is 0.